The Labute approximate surface area is 169 Å². The van der Waals surface area contributed by atoms with Gasteiger partial charge in [0, 0.05) is 0 Å². The molecule has 0 unspecified atom stereocenters. The molecule has 1 saturated heterocycles. The summed E-state index contributed by atoms with van der Waals surface area (Å²) in [4.78, 5) is 20.3. The summed E-state index contributed by atoms with van der Waals surface area (Å²) in [5, 5.41) is 0.687. The first-order chi connectivity index (χ1) is 13.4. The van der Waals surface area contributed by atoms with E-state index >= 15 is 0 Å². The number of amides is 1. The van der Waals surface area contributed by atoms with Crippen molar-refractivity contribution in [2.75, 3.05) is 18.1 Å². The zero-order chi connectivity index (χ0) is 19.7. The fourth-order valence-corrected chi connectivity index (χ4v) is 4.11. The van der Waals surface area contributed by atoms with Gasteiger partial charge in [-0.25, -0.2) is 0 Å². The minimum atomic E-state index is -0.290. The Morgan fingerprint density at radius 3 is 2.46 bits per heavy atom. The zero-order valence-corrected chi connectivity index (χ0v) is 17.0. The number of anilines is 1. The Bertz CT molecular complexity index is 961. The first-order valence-electron chi connectivity index (χ1n) is 9.19. The molecule has 0 radical (unpaired) electrons. The van der Waals surface area contributed by atoms with Crippen LogP contribution in [0.2, 0.25) is 0 Å². The predicted octanol–water partition coefficient (Wildman–Crippen LogP) is 4.73. The van der Waals surface area contributed by atoms with Crippen LogP contribution in [-0.4, -0.2) is 29.8 Å². The van der Waals surface area contributed by atoms with Crippen LogP contribution in [0.15, 0.2) is 58.4 Å². The molecule has 1 fully saturated rings. The minimum absolute atomic E-state index is 0.0749. The van der Waals surface area contributed by atoms with Crippen molar-refractivity contribution in [1.29, 1.82) is 0 Å². The van der Waals surface area contributed by atoms with E-state index in [9.17, 15) is 4.79 Å². The van der Waals surface area contributed by atoms with Crippen molar-refractivity contribution in [3.05, 3.63) is 59.0 Å². The van der Waals surface area contributed by atoms with Crippen LogP contribution in [0, 0.1) is 0 Å². The fraction of sp³-hybridized carbons (Fsp3) is 0.273. The van der Waals surface area contributed by atoms with Crippen LogP contribution < -0.4 is 14.4 Å². The lowest BCUT2D eigenvalue weighted by Gasteiger charge is -2.19. The molecule has 0 atom stereocenters. The van der Waals surface area contributed by atoms with Crippen LogP contribution in [-0.2, 0) is 4.79 Å². The number of hydrogen-bond acceptors (Lipinski definition) is 5. The summed E-state index contributed by atoms with van der Waals surface area (Å²) in [6.07, 6.45) is 1.88. The molecule has 2 aliphatic rings. The second-order valence-corrected chi connectivity index (χ2v) is 8.56. The van der Waals surface area contributed by atoms with Crippen molar-refractivity contribution in [2.24, 2.45) is 4.99 Å². The summed E-state index contributed by atoms with van der Waals surface area (Å²) in [6.45, 7) is 7.16. The van der Waals surface area contributed by atoms with Crippen LogP contribution in [0.25, 0.3) is 6.08 Å². The third kappa shape index (κ3) is 3.92. The van der Waals surface area contributed by atoms with Crippen LogP contribution in [0.1, 0.15) is 26.3 Å². The van der Waals surface area contributed by atoms with Gasteiger partial charge in [-0.05, 0) is 68.4 Å². The molecule has 0 saturated carbocycles. The molecule has 0 N–H and O–H groups in total. The highest BCUT2D eigenvalue weighted by atomic mass is 32.2. The Balaban J connectivity index is 1.71. The topological polar surface area (TPSA) is 51.1 Å². The molecule has 5 nitrogen and oxygen atoms in total. The third-order valence-electron chi connectivity index (χ3n) is 4.12. The number of amidine groups is 1. The van der Waals surface area contributed by atoms with Crippen LogP contribution in [0.3, 0.4) is 0 Å². The smallest absolute Gasteiger partial charge is 0.271 e. The summed E-state index contributed by atoms with van der Waals surface area (Å²) in [6, 6.07) is 15.3. The van der Waals surface area contributed by atoms with Gasteiger partial charge in [0.15, 0.2) is 16.7 Å². The molecule has 28 heavy (non-hydrogen) atoms. The van der Waals surface area contributed by atoms with E-state index in [0.717, 1.165) is 17.0 Å². The maximum Gasteiger partial charge on any atom is 0.271 e. The molecule has 2 aromatic carbocycles. The Morgan fingerprint density at radius 2 is 1.75 bits per heavy atom. The van der Waals surface area contributed by atoms with Crippen molar-refractivity contribution in [1.82, 2.24) is 0 Å². The van der Waals surface area contributed by atoms with Gasteiger partial charge in [-0.3, -0.25) is 14.7 Å². The van der Waals surface area contributed by atoms with Gasteiger partial charge >= 0.3 is 0 Å². The molecule has 2 aromatic rings. The Hall–Kier alpha value is -2.73. The lowest BCUT2D eigenvalue weighted by atomic mass is 10.1. The highest BCUT2D eigenvalue weighted by Crippen LogP contribution is 2.38. The highest BCUT2D eigenvalue weighted by Gasteiger charge is 2.35. The van der Waals surface area contributed by atoms with Gasteiger partial charge in [-0.15, -0.1) is 0 Å². The van der Waals surface area contributed by atoms with E-state index in [-0.39, 0.29) is 11.4 Å². The van der Waals surface area contributed by atoms with Crippen molar-refractivity contribution in [3.8, 4) is 11.5 Å². The number of thioether (sulfide) groups is 1. The normalized spacial score (nSPS) is 19.5. The lowest BCUT2D eigenvalue weighted by molar-refractivity contribution is -0.113. The largest absolute Gasteiger partial charge is 0.486 e. The van der Waals surface area contributed by atoms with Gasteiger partial charge in [0.05, 0.1) is 16.1 Å². The molecule has 4 rings (SSSR count). The highest BCUT2D eigenvalue weighted by molar-refractivity contribution is 8.19. The Morgan fingerprint density at radius 1 is 1.04 bits per heavy atom. The second kappa shape index (κ2) is 7.36. The monoisotopic (exact) mass is 394 g/mol. The quantitative estimate of drug-likeness (QED) is 0.691. The van der Waals surface area contributed by atoms with Gasteiger partial charge in [0.1, 0.15) is 13.2 Å². The van der Waals surface area contributed by atoms with E-state index in [0.29, 0.717) is 29.0 Å². The predicted molar refractivity (Wildman–Crippen MR) is 114 cm³/mol. The molecule has 0 spiro atoms. The van der Waals surface area contributed by atoms with Crippen LogP contribution in [0.5, 0.6) is 11.5 Å². The van der Waals surface area contributed by atoms with E-state index < -0.39 is 0 Å². The molecule has 0 bridgehead atoms. The number of hydrogen-bond donors (Lipinski definition) is 0. The van der Waals surface area contributed by atoms with E-state index in [1.54, 1.807) is 4.90 Å². The maximum absolute atomic E-state index is 13.2. The van der Waals surface area contributed by atoms with E-state index in [4.69, 9.17) is 14.5 Å². The van der Waals surface area contributed by atoms with Gasteiger partial charge in [-0.2, -0.15) is 0 Å². The molecule has 0 aromatic heterocycles. The number of nitrogens with zero attached hydrogens (tertiary/aromatic N) is 2. The van der Waals surface area contributed by atoms with Gasteiger partial charge in [0.2, 0.25) is 0 Å². The van der Waals surface area contributed by atoms with Gasteiger partial charge in [0.25, 0.3) is 5.91 Å². The van der Waals surface area contributed by atoms with Crippen LogP contribution >= 0.6 is 11.8 Å². The molecule has 0 aliphatic carbocycles. The maximum atomic E-state index is 13.2. The van der Waals surface area contributed by atoms with Crippen molar-refractivity contribution in [3.63, 3.8) is 0 Å². The third-order valence-corrected chi connectivity index (χ3v) is 5.08. The molecule has 2 heterocycles. The first-order valence-corrected chi connectivity index (χ1v) is 10.0. The molecule has 144 valence electrons. The fourth-order valence-electron chi connectivity index (χ4n) is 2.94. The number of benzene rings is 2. The number of aliphatic imine (C=N–C) groups is 1. The van der Waals surface area contributed by atoms with E-state index in [1.165, 1.54) is 11.8 Å². The van der Waals surface area contributed by atoms with E-state index in [1.807, 2.05) is 75.4 Å². The summed E-state index contributed by atoms with van der Waals surface area (Å²) in [7, 11) is 0. The number of rotatable bonds is 2. The summed E-state index contributed by atoms with van der Waals surface area (Å²) >= 11 is 1.40. The molecular weight excluding hydrogens is 372 g/mol. The average molecular weight is 394 g/mol. The second-order valence-electron chi connectivity index (χ2n) is 7.56. The van der Waals surface area contributed by atoms with Crippen molar-refractivity contribution in [2.45, 2.75) is 26.3 Å². The van der Waals surface area contributed by atoms with Gasteiger partial charge < -0.3 is 9.47 Å². The lowest BCUT2D eigenvalue weighted by Crippen LogP contribution is -2.30. The standard InChI is InChI=1S/C22H22N2O3S/c1-22(2,3)23-21-24(16-7-5-4-6-8-16)20(25)19(28-21)14-15-9-10-17-18(13-15)27-12-11-26-17/h4-10,13-14H,11-12H2,1-3H3/b19-14-,23-21?. The zero-order valence-electron chi connectivity index (χ0n) is 16.1. The molecule has 1 amide bonds. The number of ether oxygens (including phenoxy) is 2. The molecular formula is C22H22N2O3S. The van der Waals surface area contributed by atoms with Crippen LogP contribution in [0.4, 0.5) is 5.69 Å². The SMILES string of the molecule is CC(C)(C)N=C1S/C(=C\c2ccc3c(c2)OCCO3)C(=O)N1c1ccccc1. The summed E-state index contributed by atoms with van der Waals surface area (Å²) < 4.78 is 11.2. The number of fused-ring (bicyclic) bond motifs is 1. The number of carbonyl (C=O) groups excluding carboxylic acids is 1. The average Bonchev–Trinajstić information content (AvgIpc) is 2.95. The van der Waals surface area contributed by atoms with Gasteiger partial charge in [-0.1, -0.05) is 24.3 Å². The Kier molecular flexibility index (Phi) is 4.89. The van der Waals surface area contributed by atoms with Crippen molar-refractivity contribution >= 4 is 34.6 Å². The van der Waals surface area contributed by atoms with Crippen molar-refractivity contribution < 1.29 is 14.3 Å². The van der Waals surface area contributed by atoms with E-state index in [2.05, 4.69) is 0 Å². The molecule has 6 heteroatoms. The number of para-hydroxylation sites is 1. The summed E-state index contributed by atoms with van der Waals surface area (Å²) in [5.41, 5.74) is 1.42. The minimum Gasteiger partial charge on any atom is -0.486 e. The molecule has 2 aliphatic heterocycles. The summed E-state index contributed by atoms with van der Waals surface area (Å²) in [5.74, 6) is 1.37. The first kappa shape index (κ1) is 18.6. The number of carbonyl (C=O) groups is 1.